The Morgan fingerprint density at radius 3 is 2.19 bits per heavy atom. The summed E-state index contributed by atoms with van der Waals surface area (Å²) >= 11 is 0. The van der Waals surface area contributed by atoms with Crippen LogP contribution in [-0.4, -0.2) is 46.5 Å². The van der Waals surface area contributed by atoms with Gasteiger partial charge in [-0.1, -0.05) is 24.3 Å². The molecule has 4 aromatic rings. The zero-order valence-corrected chi connectivity index (χ0v) is 17.4. The van der Waals surface area contributed by atoms with E-state index in [0.717, 1.165) is 16.9 Å². The Morgan fingerprint density at radius 1 is 0.938 bits per heavy atom. The van der Waals surface area contributed by atoms with Crippen LogP contribution in [0, 0.1) is 11.3 Å². The third-order valence-corrected chi connectivity index (χ3v) is 6.00. The van der Waals surface area contributed by atoms with Crippen molar-refractivity contribution in [1.29, 1.82) is 5.26 Å². The van der Waals surface area contributed by atoms with Crippen LogP contribution in [0.2, 0.25) is 0 Å². The molecule has 0 bridgehead atoms. The van der Waals surface area contributed by atoms with Crippen molar-refractivity contribution in [2.24, 2.45) is 0 Å². The lowest BCUT2D eigenvalue weighted by Crippen LogP contribution is -2.49. The summed E-state index contributed by atoms with van der Waals surface area (Å²) in [5.74, 6) is 0.774. The number of pyridine rings is 2. The van der Waals surface area contributed by atoms with Crippen LogP contribution in [-0.2, 0) is 11.3 Å². The molecule has 32 heavy (non-hydrogen) atoms. The summed E-state index contributed by atoms with van der Waals surface area (Å²) in [6.07, 6.45) is 1.64. The van der Waals surface area contributed by atoms with E-state index in [1.165, 1.54) is 0 Å². The number of para-hydroxylation sites is 2. The maximum absolute atomic E-state index is 13.2. The summed E-state index contributed by atoms with van der Waals surface area (Å²) in [5.41, 5.74) is 2.09. The van der Waals surface area contributed by atoms with Crippen LogP contribution >= 0.6 is 0 Å². The minimum atomic E-state index is -0.0133. The van der Waals surface area contributed by atoms with Crippen molar-refractivity contribution in [2.45, 2.75) is 6.54 Å². The van der Waals surface area contributed by atoms with E-state index < -0.39 is 0 Å². The van der Waals surface area contributed by atoms with Crippen LogP contribution in [0.25, 0.3) is 21.8 Å². The van der Waals surface area contributed by atoms with E-state index in [1.54, 1.807) is 18.3 Å². The molecule has 158 valence electrons. The number of piperazine rings is 1. The Balaban J connectivity index is 1.40. The molecule has 1 aliphatic rings. The SMILES string of the molecule is N#Cc1ccnc(N2CCN(C(=O)Cn3c4ccccc4c(=O)c4ccccc43)CC2)c1. The molecule has 7 nitrogen and oxygen atoms in total. The summed E-state index contributed by atoms with van der Waals surface area (Å²) in [6, 6.07) is 20.5. The summed E-state index contributed by atoms with van der Waals surface area (Å²) in [4.78, 5) is 34.4. The van der Waals surface area contributed by atoms with Gasteiger partial charge in [-0.3, -0.25) is 9.59 Å². The van der Waals surface area contributed by atoms with Crippen molar-refractivity contribution >= 4 is 33.5 Å². The number of carbonyl (C=O) groups is 1. The fourth-order valence-corrected chi connectivity index (χ4v) is 4.33. The van der Waals surface area contributed by atoms with Gasteiger partial charge in [0.1, 0.15) is 12.4 Å². The Labute approximate surface area is 184 Å². The molecule has 0 aliphatic carbocycles. The van der Waals surface area contributed by atoms with Gasteiger partial charge in [0.05, 0.1) is 22.7 Å². The molecule has 0 spiro atoms. The number of fused-ring (bicyclic) bond motifs is 2. The number of benzene rings is 2. The zero-order chi connectivity index (χ0) is 22.1. The van der Waals surface area contributed by atoms with Gasteiger partial charge < -0.3 is 14.4 Å². The van der Waals surface area contributed by atoms with E-state index in [9.17, 15) is 9.59 Å². The molecule has 1 aliphatic heterocycles. The normalized spacial score (nSPS) is 14.0. The molecular formula is C25H21N5O2. The first-order valence-electron chi connectivity index (χ1n) is 10.5. The van der Waals surface area contributed by atoms with Gasteiger partial charge in [0.25, 0.3) is 0 Å². The number of rotatable bonds is 3. The van der Waals surface area contributed by atoms with Gasteiger partial charge in [-0.05, 0) is 36.4 Å². The second kappa shape index (κ2) is 8.16. The highest BCUT2D eigenvalue weighted by Crippen LogP contribution is 2.20. The number of anilines is 1. The lowest BCUT2D eigenvalue weighted by Gasteiger charge is -2.35. The molecule has 2 aromatic heterocycles. The first-order valence-corrected chi connectivity index (χ1v) is 10.5. The van der Waals surface area contributed by atoms with E-state index in [4.69, 9.17) is 5.26 Å². The predicted molar refractivity (Wildman–Crippen MR) is 123 cm³/mol. The van der Waals surface area contributed by atoms with Crippen LogP contribution in [0.1, 0.15) is 5.56 Å². The largest absolute Gasteiger partial charge is 0.353 e. The van der Waals surface area contributed by atoms with Crippen LogP contribution < -0.4 is 10.3 Å². The summed E-state index contributed by atoms with van der Waals surface area (Å²) in [7, 11) is 0. The Bertz CT molecular complexity index is 1370. The number of aromatic nitrogens is 2. The van der Waals surface area contributed by atoms with Gasteiger partial charge in [0.15, 0.2) is 5.43 Å². The molecule has 2 aromatic carbocycles. The Kier molecular flexibility index (Phi) is 5.04. The average Bonchev–Trinajstić information content (AvgIpc) is 2.86. The van der Waals surface area contributed by atoms with Gasteiger partial charge in [-0.25, -0.2) is 4.98 Å². The maximum Gasteiger partial charge on any atom is 0.242 e. The second-order valence-corrected chi connectivity index (χ2v) is 7.83. The van der Waals surface area contributed by atoms with Crippen LogP contribution in [0.3, 0.4) is 0 Å². The van der Waals surface area contributed by atoms with Crippen molar-refractivity contribution < 1.29 is 4.79 Å². The van der Waals surface area contributed by atoms with Crippen LogP contribution in [0.15, 0.2) is 71.7 Å². The number of carbonyl (C=O) groups excluding carboxylic acids is 1. The Hall–Kier alpha value is -4.18. The van der Waals surface area contributed by atoms with Crippen molar-refractivity contribution in [2.75, 3.05) is 31.1 Å². The van der Waals surface area contributed by atoms with Crippen molar-refractivity contribution in [3.63, 3.8) is 0 Å². The molecule has 1 saturated heterocycles. The molecular weight excluding hydrogens is 402 g/mol. The minimum absolute atomic E-state index is 0.0133. The molecule has 0 saturated carbocycles. The number of nitrogens with zero attached hydrogens (tertiary/aromatic N) is 5. The lowest BCUT2D eigenvalue weighted by molar-refractivity contribution is -0.132. The first kappa shape index (κ1) is 19.8. The smallest absolute Gasteiger partial charge is 0.242 e. The fraction of sp³-hybridized carbons (Fsp3) is 0.200. The zero-order valence-electron chi connectivity index (χ0n) is 17.4. The number of nitriles is 1. The standard InChI is InChI=1S/C25H21N5O2/c26-16-18-9-10-27-23(15-18)28-11-13-29(14-12-28)24(31)17-30-21-7-3-1-5-19(21)25(32)20-6-2-4-8-22(20)30/h1-10,15H,11-14,17H2. The second-order valence-electron chi connectivity index (χ2n) is 7.83. The molecule has 0 N–H and O–H groups in total. The van der Waals surface area contributed by atoms with Gasteiger partial charge in [0.2, 0.25) is 5.91 Å². The molecule has 3 heterocycles. The topological polar surface area (TPSA) is 82.2 Å². The summed E-state index contributed by atoms with van der Waals surface area (Å²) in [6.45, 7) is 2.63. The molecule has 1 amide bonds. The van der Waals surface area contributed by atoms with E-state index in [1.807, 2.05) is 58.0 Å². The Morgan fingerprint density at radius 2 is 1.56 bits per heavy atom. The third-order valence-electron chi connectivity index (χ3n) is 6.00. The van der Waals surface area contributed by atoms with Gasteiger partial charge >= 0.3 is 0 Å². The molecule has 7 heteroatoms. The highest BCUT2D eigenvalue weighted by Gasteiger charge is 2.23. The molecule has 0 radical (unpaired) electrons. The number of hydrogen-bond donors (Lipinski definition) is 0. The van der Waals surface area contributed by atoms with Crippen molar-refractivity contribution in [3.05, 3.63) is 82.6 Å². The van der Waals surface area contributed by atoms with E-state index in [-0.39, 0.29) is 17.9 Å². The molecule has 5 rings (SSSR count). The van der Waals surface area contributed by atoms with Crippen molar-refractivity contribution in [1.82, 2.24) is 14.5 Å². The lowest BCUT2D eigenvalue weighted by atomic mass is 10.1. The van der Waals surface area contributed by atoms with E-state index in [0.29, 0.717) is 42.5 Å². The van der Waals surface area contributed by atoms with Gasteiger partial charge in [-0.2, -0.15) is 5.26 Å². The van der Waals surface area contributed by atoms with E-state index in [2.05, 4.69) is 16.0 Å². The minimum Gasteiger partial charge on any atom is -0.353 e. The van der Waals surface area contributed by atoms with Crippen LogP contribution in [0.5, 0.6) is 0 Å². The average molecular weight is 423 g/mol. The molecule has 0 unspecified atom stereocenters. The van der Waals surface area contributed by atoms with E-state index >= 15 is 0 Å². The number of hydrogen-bond acceptors (Lipinski definition) is 5. The van der Waals surface area contributed by atoms with Gasteiger partial charge in [0, 0.05) is 43.1 Å². The quantitative estimate of drug-likeness (QED) is 0.473. The molecule has 0 atom stereocenters. The third kappa shape index (κ3) is 3.46. The maximum atomic E-state index is 13.2. The highest BCUT2D eigenvalue weighted by molar-refractivity contribution is 5.94. The van der Waals surface area contributed by atoms with Gasteiger partial charge in [-0.15, -0.1) is 0 Å². The monoisotopic (exact) mass is 423 g/mol. The van der Waals surface area contributed by atoms with Crippen molar-refractivity contribution in [3.8, 4) is 6.07 Å². The summed E-state index contributed by atoms with van der Waals surface area (Å²) in [5, 5.41) is 10.3. The molecule has 1 fully saturated rings. The first-order chi connectivity index (χ1) is 15.7. The number of amides is 1. The fourth-order valence-electron chi connectivity index (χ4n) is 4.33. The van der Waals surface area contributed by atoms with Crippen LogP contribution in [0.4, 0.5) is 5.82 Å². The highest BCUT2D eigenvalue weighted by atomic mass is 16.2. The summed E-state index contributed by atoms with van der Waals surface area (Å²) < 4.78 is 1.94. The predicted octanol–water partition coefficient (Wildman–Crippen LogP) is 2.77.